The fourth-order valence-electron chi connectivity index (χ4n) is 4.49. The second-order valence-electron chi connectivity index (χ2n) is 9.58. The third-order valence-corrected chi connectivity index (χ3v) is 7.03. The topological polar surface area (TPSA) is 15.3 Å². The van der Waals surface area contributed by atoms with E-state index >= 15 is 0 Å². The Hall–Kier alpha value is -3.26. The van der Waals surface area contributed by atoms with Gasteiger partial charge in [0.1, 0.15) is 0 Å². The summed E-state index contributed by atoms with van der Waals surface area (Å²) in [4.78, 5) is 2.48. The van der Waals surface area contributed by atoms with Crippen LogP contribution in [0.1, 0.15) is 45.2 Å². The summed E-state index contributed by atoms with van der Waals surface area (Å²) in [5, 5.41) is 3.41. The monoisotopic (exact) mass is 452 g/mol. The van der Waals surface area contributed by atoms with E-state index in [4.69, 9.17) is 0 Å². The summed E-state index contributed by atoms with van der Waals surface area (Å²) in [5.41, 5.74) is 8.35. The molecule has 0 aliphatic rings. The van der Waals surface area contributed by atoms with Crippen LogP contribution in [0.3, 0.4) is 0 Å². The van der Waals surface area contributed by atoms with E-state index in [2.05, 4.69) is 130 Å². The van der Waals surface area contributed by atoms with Crippen molar-refractivity contribution in [1.82, 2.24) is 0 Å². The molecule has 0 amide bonds. The van der Waals surface area contributed by atoms with Crippen LogP contribution in [-0.2, 0) is 0 Å². The Morgan fingerprint density at radius 1 is 0.941 bits per heavy atom. The Morgan fingerprint density at radius 2 is 1.59 bits per heavy atom. The summed E-state index contributed by atoms with van der Waals surface area (Å²) >= 11 is 0. The molecule has 0 heterocycles. The first-order chi connectivity index (χ1) is 16.4. The highest BCUT2D eigenvalue weighted by Gasteiger charge is 2.30. The first kappa shape index (κ1) is 25.4. The molecule has 3 aromatic carbocycles. The summed E-state index contributed by atoms with van der Waals surface area (Å²) < 4.78 is 0. The quantitative estimate of drug-likeness (QED) is 0.308. The zero-order valence-corrected chi connectivity index (χ0v) is 21.7. The Morgan fingerprint density at radius 3 is 2.24 bits per heavy atom. The van der Waals surface area contributed by atoms with Crippen LogP contribution in [0.5, 0.6) is 0 Å². The molecule has 1 atom stereocenters. The van der Waals surface area contributed by atoms with E-state index in [9.17, 15) is 0 Å². The molecule has 0 aromatic heterocycles. The van der Waals surface area contributed by atoms with Crippen LogP contribution in [0.15, 0.2) is 85.5 Å². The smallest absolute Gasteiger partial charge is 0.0646 e. The number of allylic oxidation sites excluding steroid dienone is 1. The number of anilines is 3. The van der Waals surface area contributed by atoms with Gasteiger partial charge in [0.05, 0.1) is 11.4 Å². The minimum atomic E-state index is -0.00598. The highest BCUT2D eigenvalue weighted by atomic mass is 15.2. The predicted molar refractivity (Wildman–Crippen MR) is 152 cm³/mol. The Labute approximate surface area is 207 Å². The first-order valence-corrected chi connectivity index (χ1v) is 12.4. The van der Waals surface area contributed by atoms with Gasteiger partial charge in [-0.15, -0.1) is 0 Å². The van der Waals surface area contributed by atoms with Gasteiger partial charge in [0, 0.05) is 30.3 Å². The van der Waals surface area contributed by atoms with Gasteiger partial charge in [-0.3, -0.25) is 0 Å². The summed E-state index contributed by atoms with van der Waals surface area (Å²) in [6.45, 7) is 16.5. The van der Waals surface area contributed by atoms with Crippen LogP contribution < -0.4 is 10.2 Å². The number of para-hydroxylation sites is 2. The van der Waals surface area contributed by atoms with Crippen LogP contribution in [0, 0.1) is 18.3 Å². The van der Waals surface area contributed by atoms with E-state index < -0.39 is 0 Å². The minimum Gasteiger partial charge on any atom is -0.386 e. The molecule has 0 aliphatic heterocycles. The van der Waals surface area contributed by atoms with E-state index in [1.54, 1.807) is 0 Å². The maximum absolute atomic E-state index is 4.25. The lowest BCUT2D eigenvalue weighted by atomic mass is 9.77. The number of hydrogen-bond acceptors (Lipinski definition) is 2. The van der Waals surface area contributed by atoms with Crippen molar-refractivity contribution in [1.29, 1.82) is 0 Å². The molecule has 1 N–H and O–H groups in total. The first-order valence-electron chi connectivity index (χ1n) is 12.4. The molecular formula is C32H40N2. The minimum absolute atomic E-state index is 0.00598. The maximum atomic E-state index is 4.25. The van der Waals surface area contributed by atoms with Gasteiger partial charge in [0.15, 0.2) is 0 Å². The lowest BCUT2D eigenvalue weighted by Crippen LogP contribution is -2.36. The van der Waals surface area contributed by atoms with Crippen LogP contribution in [0.25, 0.3) is 17.2 Å². The average molecular weight is 453 g/mol. The van der Waals surface area contributed by atoms with Crippen molar-refractivity contribution in [2.24, 2.45) is 11.3 Å². The van der Waals surface area contributed by atoms with Crippen LogP contribution >= 0.6 is 0 Å². The molecule has 2 nitrogen and oxygen atoms in total. The molecule has 34 heavy (non-hydrogen) atoms. The summed E-state index contributed by atoms with van der Waals surface area (Å²) in [5.74, 6) is 0.478. The average Bonchev–Trinajstić information content (AvgIpc) is 2.85. The fraction of sp³-hybridized carbons (Fsp3) is 0.312. The van der Waals surface area contributed by atoms with Gasteiger partial charge in [-0.2, -0.15) is 0 Å². The standard InChI is InChI=1S/C32H40N2/c1-8-10-22-32(6,24(3)4)23-34(31-20-14-13-19-29(31)33-7)30-21-15-18-28(26(30)9-2)27-17-12-11-16-25(27)5/h9-22,24,33H,2,8,23H2,1,3-7H3. The number of hydrogen-bond donors (Lipinski definition) is 1. The van der Waals surface area contributed by atoms with Crippen LogP contribution in [0.4, 0.5) is 17.1 Å². The van der Waals surface area contributed by atoms with Crippen molar-refractivity contribution in [3.63, 3.8) is 0 Å². The molecule has 3 aromatic rings. The number of rotatable bonds is 10. The summed E-state index contributed by atoms with van der Waals surface area (Å²) in [6.07, 6.45) is 7.77. The lowest BCUT2D eigenvalue weighted by Gasteiger charge is -2.39. The molecule has 1 unspecified atom stereocenters. The van der Waals surface area contributed by atoms with Crippen molar-refractivity contribution < 1.29 is 0 Å². The van der Waals surface area contributed by atoms with E-state index in [0.717, 1.165) is 24.2 Å². The van der Waals surface area contributed by atoms with Crippen LogP contribution in [-0.4, -0.2) is 13.6 Å². The van der Waals surface area contributed by atoms with Crippen molar-refractivity contribution in [3.8, 4) is 11.1 Å². The zero-order valence-electron chi connectivity index (χ0n) is 21.7. The Balaban J connectivity index is 2.27. The molecule has 0 saturated carbocycles. The number of nitrogens with zero attached hydrogens (tertiary/aromatic N) is 1. The predicted octanol–water partition coefficient (Wildman–Crippen LogP) is 9.11. The third kappa shape index (κ3) is 5.28. The molecule has 3 rings (SSSR count). The van der Waals surface area contributed by atoms with Gasteiger partial charge in [-0.25, -0.2) is 0 Å². The Bertz CT molecular complexity index is 1140. The van der Waals surface area contributed by atoms with Gasteiger partial charge in [-0.05, 0) is 54.2 Å². The van der Waals surface area contributed by atoms with E-state index in [1.165, 1.54) is 28.1 Å². The zero-order chi connectivity index (χ0) is 24.7. The van der Waals surface area contributed by atoms with E-state index in [1.807, 2.05) is 13.1 Å². The van der Waals surface area contributed by atoms with E-state index in [0.29, 0.717) is 5.92 Å². The van der Waals surface area contributed by atoms with Crippen molar-refractivity contribution >= 4 is 23.1 Å². The third-order valence-electron chi connectivity index (χ3n) is 7.03. The van der Waals surface area contributed by atoms with Crippen molar-refractivity contribution in [2.45, 2.75) is 41.0 Å². The molecule has 0 fully saturated rings. The van der Waals surface area contributed by atoms with Crippen molar-refractivity contribution in [3.05, 3.63) is 96.6 Å². The number of nitrogens with one attached hydrogen (secondary N) is 1. The largest absolute Gasteiger partial charge is 0.386 e. The fourth-order valence-corrected chi connectivity index (χ4v) is 4.49. The molecule has 2 heteroatoms. The van der Waals surface area contributed by atoms with Gasteiger partial charge >= 0.3 is 0 Å². The van der Waals surface area contributed by atoms with Gasteiger partial charge in [0.2, 0.25) is 0 Å². The number of aryl methyl sites for hydroxylation is 1. The molecule has 0 radical (unpaired) electrons. The van der Waals surface area contributed by atoms with Gasteiger partial charge in [0.25, 0.3) is 0 Å². The van der Waals surface area contributed by atoms with Crippen molar-refractivity contribution in [2.75, 3.05) is 23.8 Å². The van der Waals surface area contributed by atoms with E-state index in [-0.39, 0.29) is 5.41 Å². The molecule has 0 spiro atoms. The second kappa shape index (κ2) is 11.2. The molecule has 178 valence electrons. The molecule has 0 bridgehead atoms. The normalized spacial score (nSPS) is 13.1. The highest BCUT2D eigenvalue weighted by molar-refractivity contribution is 5.88. The number of benzene rings is 3. The summed E-state index contributed by atoms with van der Waals surface area (Å²) in [6, 6.07) is 23.8. The second-order valence-corrected chi connectivity index (χ2v) is 9.58. The molecular weight excluding hydrogens is 412 g/mol. The Kier molecular flexibility index (Phi) is 8.39. The highest BCUT2D eigenvalue weighted by Crippen LogP contribution is 2.42. The molecule has 0 saturated heterocycles. The SMILES string of the molecule is C=Cc1c(-c2ccccc2C)cccc1N(CC(C)(C=CCC)C(C)C)c1ccccc1NC. The summed E-state index contributed by atoms with van der Waals surface area (Å²) in [7, 11) is 1.99. The molecule has 0 aliphatic carbocycles. The van der Waals surface area contributed by atoms with Gasteiger partial charge < -0.3 is 10.2 Å². The lowest BCUT2D eigenvalue weighted by molar-refractivity contribution is 0.307. The van der Waals surface area contributed by atoms with Gasteiger partial charge in [-0.1, -0.05) is 101 Å². The maximum Gasteiger partial charge on any atom is 0.0646 e. The van der Waals surface area contributed by atoms with Crippen LogP contribution in [0.2, 0.25) is 0 Å².